The number of carbonyl (C=O) groups excluding carboxylic acids is 1. The quantitative estimate of drug-likeness (QED) is 0.741. The number of carbonyl (C=O) groups is 2. The molecule has 0 radical (unpaired) electrons. The van der Waals surface area contributed by atoms with Crippen molar-refractivity contribution in [1.82, 2.24) is 15.1 Å². The smallest absolute Gasteiger partial charge is 0.326 e. The maximum Gasteiger partial charge on any atom is 0.326 e. The van der Waals surface area contributed by atoms with Crippen molar-refractivity contribution in [1.29, 1.82) is 0 Å². The topological polar surface area (TPSA) is 84.2 Å². The van der Waals surface area contributed by atoms with Crippen LogP contribution in [0.15, 0.2) is 12.3 Å². The molecule has 1 rings (SSSR count). The van der Waals surface area contributed by atoms with Crippen LogP contribution < -0.4 is 5.32 Å². The van der Waals surface area contributed by atoms with Gasteiger partial charge in [0.15, 0.2) is 0 Å². The number of aryl methyl sites for hydroxylation is 2. The van der Waals surface area contributed by atoms with Crippen molar-refractivity contribution >= 4 is 23.6 Å². The minimum atomic E-state index is -0.989. The van der Waals surface area contributed by atoms with Crippen LogP contribution in [0, 0.1) is 6.92 Å². The Hall–Kier alpha value is -1.50. The fraction of sp³-hybridized carbons (Fsp3) is 0.583. The first kappa shape index (κ1) is 15.6. The predicted octanol–water partition coefficient (Wildman–Crippen LogP) is 0.904. The van der Waals surface area contributed by atoms with Crippen molar-refractivity contribution in [2.75, 3.05) is 12.0 Å². The van der Waals surface area contributed by atoms with E-state index in [1.165, 1.54) is 0 Å². The van der Waals surface area contributed by atoms with Gasteiger partial charge in [0, 0.05) is 19.2 Å². The van der Waals surface area contributed by atoms with E-state index in [1.54, 1.807) is 22.6 Å². The second kappa shape index (κ2) is 7.83. The highest BCUT2D eigenvalue weighted by Gasteiger charge is 2.19. The first-order valence-electron chi connectivity index (χ1n) is 6.04. The number of carboxylic acid groups (broad SMARTS) is 1. The average molecular weight is 285 g/mol. The van der Waals surface area contributed by atoms with Crippen molar-refractivity contribution in [2.45, 2.75) is 32.4 Å². The highest BCUT2D eigenvalue weighted by molar-refractivity contribution is 7.98. The number of nitrogens with zero attached hydrogens (tertiary/aromatic N) is 2. The molecule has 6 nitrogen and oxygen atoms in total. The van der Waals surface area contributed by atoms with Crippen LogP contribution >= 0.6 is 11.8 Å². The molecule has 1 heterocycles. The Labute approximate surface area is 116 Å². The predicted molar refractivity (Wildman–Crippen MR) is 74.1 cm³/mol. The molecular formula is C12H19N3O3S. The maximum absolute atomic E-state index is 11.7. The van der Waals surface area contributed by atoms with Crippen molar-refractivity contribution in [2.24, 2.45) is 0 Å². The summed E-state index contributed by atoms with van der Waals surface area (Å²) in [5.74, 6) is -0.547. The summed E-state index contributed by atoms with van der Waals surface area (Å²) < 4.78 is 1.67. The minimum Gasteiger partial charge on any atom is -0.480 e. The van der Waals surface area contributed by atoms with Gasteiger partial charge < -0.3 is 10.4 Å². The summed E-state index contributed by atoms with van der Waals surface area (Å²) in [6.45, 7) is 2.33. The molecule has 7 heteroatoms. The monoisotopic (exact) mass is 285 g/mol. The van der Waals surface area contributed by atoms with E-state index in [9.17, 15) is 9.59 Å². The van der Waals surface area contributed by atoms with Crippen molar-refractivity contribution in [3.05, 3.63) is 18.0 Å². The summed E-state index contributed by atoms with van der Waals surface area (Å²) in [7, 11) is 0. The Balaban J connectivity index is 2.37. The van der Waals surface area contributed by atoms with Gasteiger partial charge in [0.05, 0.1) is 5.69 Å². The van der Waals surface area contributed by atoms with Gasteiger partial charge in [-0.1, -0.05) is 0 Å². The van der Waals surface area contributed by atoms with Crippen LogP contribution in [0.1, 0.15) is 18.5 Å². The highest BCUT2D eigenvalue weighted by atomic mass is 32.2. The summed E-state index contributed by atoms with van der Waals surface area (Å²) in [5, 5.41) is 15.7. The molecular weight excluding hydrogens is 266 g/mol. The molecule has 0 fully saturated rings. The van der Waals surface area contributed by atoms with Gasteiger partial charge in [0.25, 0.3) is 0 Å². The van der Waals surface area contributed by atoms with Gasteiger partial charge in [-0.25, -0.2) is 4.79 Å². The number of aliphatic carboxylic acids is 1. The van der Waals surface area contributed by atoms with Crippen molar-refractivity contribution < 1.29 is 14.7 Å². The van der Waals surface area contributed by atoms with Crippen LogP contribution in [0.25, 0.3) is 0 Å². The number of carboxylic acids is 1. The second-order valence-corrected chi connectivity index (χ2v) is 5.20. The van der Waals surface area contributed by atoms with Gasteiger partial charge in [0.2, 0.25) is 5.91 Å². The van der Waals surface area contributed by atoms with Crippen LogP contribution in [-0.2, 0) is 16.1 Å². The molecule has 0 spiro atoms. The molecule has 19 heavy (non-hydrogen) atoms. The molecule has 1 atom stereocenters. The fourth-order valence-electron chi connectivity index (χ4n) is 1.56. The zero-order valence-electron chi connectivity index (χ0n) is 11.1. The van der Waals surface area contributed by atoms with Crippen LogP contribution in [-0.4, -0.2) is 44.8 Å². The van der Waals surface area contributed by atoms with Crippen LogP contribution in [0.2, 0.25) is 0 Å². The molecule has 1 aromatic heterocycles. The van der Waals surface area contributed by atoms with Gasteiger partial charge in [-0.3, -0.25) is 9.48 Å². The van der Waals surface area contributed by atoms with Gasteiger partial charge in [-0.15, -0.1) is 0 Å². The number of rotatable bonds is 8. The lowest BCUT2D eigenvalue weighted by atomic mass is 10.2. The van der Waals surface area contributed by atoms with Crippen LogP contribution in [0.3, 0.4) is 0 Å². The van der Waals surface area contributed by atoms with Crippen LogP contribution in [0.4, 0.5) is 0 Å². The Morgan fingerprint density at radius 3 is 2.84 bits per heavy atom. The van der Waals surface area contributed by atoms with E-state index in [0.29, 0.717) is 18.7 Å². The summed E-state index contributed by atoms with van der Waals surface area (Å²) in [4.78, 5) is 22.7. The maximum atomic E-state index is 11.7. The first-order chi connectivity index (χ1) is 9.02. The molecule has 2 N–H and O–H groups in total. The molecule has 1 aromatic rings. The summed E-state index contributed by atoms with van der Waals surface area (Å²) in [6.07, 6.45) is 4.36. The molecule has 0 unspecified atom stereocenters. The molecule has 0 saturated carbocycles. The third-order valence-corrected chi connectivity index (χ3v) is 3.23. The molecule has 1 amide bonds. The number of hydrogen-bond donors (Lipinski definition) is 2. The zero-order chi connectivity index (χ0) is 14.3. The third kappa shape index (κ3) is 5.78. The van der Waals surface area contributed by atoms with Gasteiger partial charge in [0.1, 0.15) is 6.04 Å². The Morgan fingerprint density at radius 2 is 2.32 bits per heavy atom. The Kier molecular flexibility index (Phi) is 6.41. The lowest BCUT2D eigenvalue weighted by Crippen LogP contribution is -2.41. The van der Waals surface area contributed by atoms with Crippen molar-refractivity contribution in [3.63, 3.8) is 0 Å². The van der Waals surface area contributed by atoms with Gasteiger partial charge in [-0.2, -0.15) is 16.9 Å². The molecule has 0 saturated heterocycles. The summed E-state index contributed by atoms with van der Waals surface area (Å²) >= 11 is 1.56. The van der Waals surface area contributed by atoms with Gasteiger partial charge >= 0.3 is 5.97 Å². The lowest BCUT2D eigenvalue weighted by Gasteiger charge is -2.13. The highest BCUT2D eigenvalue weighted by Crippen LogP contribution is 2.02. The Morgan fingerprint density at radius 1 is 1.58 bits per heavy atom. The average Bonchev–Trinajstić information content (AvgIpc) is 2.77. The van der Waals surface area contributed by atoms with E-state index in [2.05, 4.69) is 10.4 Å². The molecule has 0 aliphatic rings. The normalized spacial score (nSPS) is 12.1. The number of aromatic nitrogens is 2. The molecule has 0 aliphatic heterocycles. The van der Waals surface area contributed by atoms with E-state index in [4.69, 9.17) is 5.11 Å². The van der Waals surface area contributed by atoms with E-state index in [0.717, 1.165) is 5.69 Å². The van der Waals surface area contributed by atoms with E-state index >= 15 is 0 Å². The number of thioether (sulfide) groups is 1. The zero-order valence-corrected chi connectivity index (χ0v) is 11.9. The third-order valence-electron chi connectivity index (χ3n) is 2.59. The minimum absolute atomic E-state index is 0.226. The van der Waals surface area contributed by atoms with E-state index < -0.39 is 12.0 Å². The Bertz CT molecular complexity index is 434. The standard InChI is InChI=1S/C12H19N3O3S/c1-9-3-6-15(14-9)7-4-11(16)13-10(12(17)18)5-8-19-2/h3,6,10H,4-5,7-8H2,1-2H3,(H,13,16)(H,17,18)/t10-/m0/s1. The fourth-order valence-corrected chi connectivity index (χ4v) is 2.03. The molecule has 0 aliphatic carbocycles. The number of nitrogens with one attached hydrogen (secondary N) is 1. The van der Waals surface area contributed by atoms with E-state index in [-0.39, 0.29) is 12.3 Å². The first-order valence-corrected chi connectivity index (χ1v) is 7.43. The molecule has 0 aromatic carbocycles. The SMILES string of the molecule is CSCC[C@H](NC(=O)CCn1ccc(C)n1)C(=O)O. The van der Waals surface area contributed by atoms with Crippen LogP contribution in [0.5, 0.6) is 0 Å². The van der Waals surface area contributed by atoms with E-state index in [1.807, 2.05) is 19.2 Å². The molecule has 106 valence electrons. The van der Waals surface area contributed by atoms with Crippen molar-refractivity contribution in [3.8, 4) is 0 Å². The van der Waals surface area contributed by atoms with Gasteiger partial charge in [-0.05, 0) is 31.4 Å². The lowest BCUT2D eigenvalue weighted by molar-refractivity contribution is -0.141. The summed E-state index contributed by atoms with van der Waals surface area (Å²) in [5.41, 5.74) is 0.892. The number of amides is 1. The summed E-state index contributed by atoms with van der Waals surface area (Å²) in [6, 6.07) is 1.05. The number of hydrogen-bond acceptors (Lipinski definition) is 4. The molecule has 0 bridgehead atoms. The second-order valence-electron chi connectivity index (χ2n) is 4.21. The largest absolute Gasteiger partial charge is 0.480 e.